The van der Waals surface area contributed by atoms with Gasteiger partial charge in [0.25, 0.3) is 0 Å². The van der Waals surface area contributed by atoms with Crippen LogP contribution < -0.4 is 20.7 Å². The highest BCUT2D eigenvalue weighted by atomic mass is 16.5. The van der Waals surface area contributed by atoms with Crippen molar-refractivity contribution in [3.8, 4) is 5.75 Å². The molecular formula is C34H44N4O5. The van der Waals surface area contributed by atoms with Gasteiger partial charge in [-0.1, -0.05) is 42.5 Å². The maximum Gasteiger partial charge on any atom is 0.243 e. The molecule has 2 aromatic carbocycles. The highest BCUT2D eigenvalue weighted by molar-refractivity contribution is 5.92. The van der Waals surface area contributed by atoms with Crippen LogP contribution >= 0.6 is 0 Å². The zero-order valence-electron chi connectivity index (χ0n) is 25.1. The smallest absolute Gasteiger partial charge is 0.243 e. The number of hydrogen-bond acceptors (Lipinski definition) is 6. The minimum Gasteiger partial charge on any atom is -0.494 e. The Morgan fingerprint density at radius 2 is 1.81 bits per heavy atom. The molecule has 0 saturated carbocycles. The summed E-state index contributed by atoms with van der Waals surface area (Å²) in [5, 5.41) is 9.43. The molecule has 3 aliphatic rings. The Labute approximate surface area is 254 Å². The molecular weight excluding hydrogens is 544 g/mol. The number of nitrogens with one attached hydrogen (secondary N) is 3. The highest BCUT2D eigenvalue weighted by Gasteiger charge is 2.41. The van der Waals surface area contributed by atoms with E-state index in [0.717, 1.165) is 29.8 Å². The van der Waals surface area contributed by atoms with Crippen LogP contribution in [-0.2, 0) is 25.5 Å². The molecule has 2 fully saturated rings. The van der Waals surface area contributed by atoms with Crippen LogP contribution in [0.4, 0.5) is 5.69 Å². The summed E-state index contributed by atoms with van der Waals surface area (Å²) in [7, 11) is 0. The molecule has 43 heavy (non-hydrogen) atoms. The zero-order chi connectivity index (χ0) is 30.1. The van der Waals surface area contributed by atoms with E-state index in [9.17, 15) is 14.4 Å². The van der Waals surface area contributed by atoms with Gasteiger partial charge in [0.05, 0.1) is 18.6 Å². The lowest BCUT2D eigenvalue weighted by molar-refractivity contribution is -0.140. The molecule has 2 aromatic rings. The number of rotatable bonds is 7. The van der Waals surface area contributed by atoms with E-state index in [0.29, 0.717) is 58.6 Å². The Hall–Kier alpha value is -3.69. The van der Waals surface area contributed by atoms with Crippen LogP contribution in [0.5, 0.6) is 5.75 Å². The Morgan fingerprint density at radius 1 is 1.05 bits per heavy atom. The molecule has 5 rings (SSSR count). The first-order valence-corrected chi connectivity index (χ1v) is 15.6. The molecule has 230 valence electrons. The van der Waals surface area contributed by atoms with Gasteiger partial charge in [-0.3, -0.25) is 19.3 Å². The molecule has 0 radical (unpaired) electrons. The lowest BCUT2D eigenvalue weighted by Gasteiger charge is -2.40. The van der Waals surface area contributed by atoms with Crippen molar-refractivity contribution in [2.75, 3.05) is 44.8 Å². The molecule has 3 amide bonds. The maximum atomic E-state index is 13.8. The number of amides is 3. The third kappa shape index (κ3) is 8.24. The molecule has 3 N–H and O–H groups in total. The molecule has 0 bridgehead atoms. The lowest BCUT2D eigenvalue weighted by atomic mass is 9.75. The van der Waals surface area contributed by atoms with Crippen LogP contribution in [-0.4, -0.2) is 74.2 Å². The monoisotopic (exact) mass is 588 g/mol. The normalized spacial score (nSPS) is 24.5. The Morgan fingerprint density at radius 3 is 2.56 bits per heavy atom. The van der Waals surface area contributed by atoms with Crippen LogP contribution in [0.3, 0.4) is 0 Å². The van der Waals surface area contributed by atoms with Gasteiger partial charge >= 0.3 is 0 Å². The number of carbonyl (C=O) groups is 3. The average molecular weight is 589 g/mol. The largest absolute Gasteiger partial charge is 0.494 e. The number of likely N-dealkylation sites (tertiary alicyclic amines) is 1. The van der Waals surface area contributed by atoms with Crippen molar-refractivity contribution in [1.29, 1.82) is 0 Å². The molecule has 0 aliphatic carbocycles. The topological polar surface area (TPSA) is 109 Å². The Bertz CT molecular complexity index is 1260. The molecule has 1 spiro atoms. The number of benzene rings is 2. The predicted octanol–water partition coefficient (Wildman–Crippen LogP) is 3.70. The number of carbonyl (C=O) groups excluding carboxylic acids is 3. The number of ether oxygens (including phenoxy) is 2. The number of piperidine rings is 1. The van der Waals surface area contributed by atoms with E-state index in [-0.39, 0.29) is 36.2 Å². The number of nitrogens with zero attached hydrogens (tertiary/aromatic N) is 1. The lowest BCUT2D eigenvalue weighted by Crippen LogP contribution is -2.58. The third-order valence-electron chi connectivity index (χ3n) is 8.91. The fourth-order valence-electron chi connectivity index (χ4n) is 6.40. The summed E-state index contributed by atoms with van der Waals surface area (Å²) in [5.74, 6) is 0.629. The SMILES string of the molecule is CCOc1ccc(NC(=O)CN2CC[C@@H]3NC(=O)[C@H](Cc4ccccc4)NC(=O)C4(CC=CC[C@H]3C2)CCOCC4)cc1. The summed E-state index contributed by atoms with van der Waals surface area (Å²) >= 11 is 0. The van der Waals surface area contributed by atoms with Crippen LogP contribution in [0.1, 0.15) is 44.6 Å². The molecule has 9 heteroatoms. The molecule has 9 nitrogen and oxygen atoms in total. The second-order valence-corrected chi connectivity index (χ2v) is 11.9. The van der Waals surface area contributed by atoms with Gasteiger partial charge in [-0.15, -0.1) is 0 Å². The van der Waals surface area contributed by atoms with Crippen LogP contribution in [0.2, 0.25) is 0 Å². The summed E-state index contributed by atoms with van der Waals surface area (Å²) < 4.78 is 11.1. The second kappa shape index (κ2) is 14.7. The molecule has 3 heterocycles. The molecule has 3 aliphatic heterocycles. The standard InChI is InChI=1S/C34H44N4O5/c1-2-43-28-13-11-27(12-14-28)35-31(39)24-38-19-15-29-26(23-38)10-6-7-16-34(17-20-42-21-18-34)33(41)37-30(32(40)36-29)22-25-8-4-3-5-9-25/h3-9,11-14,26,29-30H,2,10,15-24H2,1H3,(H,35,39)(H,36,40)(H,37,41)/t26-,29-,30-/m0/s1. The van der Waals surface area contributed by atoms with Crippen molar-refractivity contribution in [3.05, 3.63) is 72.3 Å². The van der Waals surface area contributed by atoms with Gasteiger partial charge in [-0.25, -0.2) is 0 Å². The van der Waals surface area contributed by atoms with Gasteiger partial charge in [-0.05, 0) is 74.8 Å². The summed E-state index contributed by atoms with van der Waals surface area (Å²) in [4.78, 5) is 42.6. The first-order chi connectivity index (χ1) is 20.9. The summed E-state index contributed by atoms with van der Waals surface area (Å²) in [6.07, 6.45) is 8.09. The van der Waals surface area contributed by atoms with Crippen LogP contribution in [0, 0.1) is 11.3 Å². The number of fused-ring (bicyclic) bond motifs is 1. The van der Waals surface area contributed by atoms with Crippen LogP contribution in [0.25, 0.3) is 0 Å². The molecule has 3 atom stereocenters. The minimum absolute atomic E-state index is 0.0470. The van der Waals surface area contributed by atoms with Gasteiger partial charge < -0.3 is 25.4 Å². The average Bonchev–Trinajstić information content (AvgIpc) is 3.01. The molecule has 2 saturated heterocycles. The highest BCUT2D eigenvalue weighted by Crippen LogP contribution is 2.36. The first kappa shape index (κ1) is 30.8. The van der Waals surface area contributed by atoms with Gasteiger partial charge in [0.2, 0.25) is 17.7 Å². The van der Waals surface area contributed by atoms with E-state index in [1.807, 2.05) is 61.5 Å². The minimum atomic E-state index is -0.670. The van der Waals surface area contributed by atoms with Gasteiger partial charge in [0, 0.05) is 44.5 Å². The van der Waals surface area contributed by atoms with Crippen molar-refractivity contribution < 1.29 is 23.9 Å². The van der Waals surface area contributed by atoms with E-state index in [1.165, 1.54) is 0 Å². The summed E-state index contributed by atoms with van der Waals surface area (Å²) in [6, 6.07) is 16.5. The second-order valence-electron chi connectivity index (χ2n) is 11.9. The van der Waals surface area contributed by atoms with E-state index in [4.69, 9.17) is 9.47 Å². The van der Waals surface area contributed by atoms with Crippen molar-refractivity contribution >= 4 is 23.4 Å². The van der Waals surface area contributed by atoms with E-state index in [2.05, 4.69) is 33.0 Å². The zero-order valence-corrected chi connectivity index (χ0v) is 25.1. The Kier molecular flexibility index (Phi) is 10.5. The maximum absolute atomic E-state index is 13.8. The third-order valence-corrected chi connectivity index (χ3v) is 8.91. The molecule has 0 aromatic heterocycles. The van der Waals surface area contributed by atoms with E-state index < -0.39 is 11.5 Å². The van der Waals surface area contributed by atoms with Gasteiger partial charge in [-0.2, -0.15) is 0 Å². The van der Waals surface area contributed by atoms with E-state index in [1.54, 1.807) is 0 Å². The number of hydrogen-bond donors (Lipinski definition) is 3. The van der Waals surface area contributed by atoms with Crippen molar-refractivity contribution in [1.82, 2.24) is 15.5 Å². The van der Waals surface area contributed by atoms with Crippen LogP contribution in [0.15, 0.2) is 66.7 Å². The first-order valence-electron chi connectivity index (χ1n) is 15.6. The van der Waals surface area contributed by atoms with Crippen molar-refractivity contribution in [2.24, 2.45) is 11.3 Å². The Balaban J connectivity index is 1.28. The predicted molar refractivity (Wildman–Crippen MR) is 166 cm³/mol. The fourth-order valence-corrected chi connectivity index (χ4v) is 6.40. The number of allylic oxidation sites excluding steroid dienone is 2. The summed E-state index contributed by atoms with van der Waals surface area (Å²) in [5.41, 5.74) is 1.15. The van der Waals surface area contributed by atoms with E-state index >= 15 is 0 Å². The van der Waals surface area contributed by atoms with Crippen molar-refractivity contribution in [2.45, 2.75) is 57.5 Å². The quantitative estimate of drug-likeness (QED) is 0.426. The summed E-state index contributed by atoms with van der Waals surface area (Å²) in [6.45, 7) is 5.28. The number of anilines is 1. The fraction of sp³-hybridized carbons (Fsp3) is 0.500. The van der Waals surface area contributed by atoms with Crippen molar-refractivity contribution in [3.63, 3.8) is 0 Å². The molecule has 0 unspecified atom stereocenters. The van der Waals surface area contributed by atoms with Gasteiger partial charge in [0.15, 0.2) is 0 Å². The van der Waals surface area contributed by atoms with Gasteiger partial charge in [0.1, 0.15) is 11.8 Å².